The number of morpholine rings is 1. The number of amides is 1. The van der Waals surface area contributed by atoms with Gasteiger partial charge in [-0.1, -0.05) is 32.1 Å². The van der Waals surface area contributed by atoms with Crippen molar-refractivity contribution in [3.63, 3.8) is 0 Å². The number of carbonyl (C=O) groups is 2. The molecule has 1 saturated carbocycles. The molecule has 1 N–H and O–H groups in total. The Bertz CT molecular complexity index is 319. The van der Waals surface area contributed by atoms with Gasteiger partial charge in [-0.15, -0.1) is 0 Å². The first-order chi connectivity index (χ1) is 9.18. The Morgan fingerprint density at radius 3 is 2.37 bits per heavy atom. The van der Waals surface area contributed by atoms with Gasteiger partial charge in [0.2, 0.25) is 5.91 Å². The third-order valence-corrected chi connectivity index (χ3v) is 4.21. The molecule has 1 amide bonds. The van der Waals surface area contributed by atoms with Crippen LogP contribution < -0.4 is 0 Å². The Balaban J connectivity index is 1.93. The van der Waals surface area contributed by atoms with Crippen LogP contribution in [-0.2, 0) is 14.3 Å². The molecule has 1 aliphatic heterocycles. The van der Waals surface area contributed by atoms with E-state index in [4.69, 9.17) is 4.74 Å². The summed E-state index contributed by atoms with van der Waals surface area (Å²) in [6.07, 6.45) is 6.23. The second-order valence-electron chi connectivity index (χ2n) is 5.57. The smallest absolute Gasteiger partial charge is 0.316 e. The number of nitrogens with zero attached hydrogens (tertiary/aromatic N) is 1. The molecular weight excluding hydrogens is 246 g/mol. The van der Waals surface area contributed by atoms with Gasteiger partial charge in [0.25, 0.3) is 0 Å². The van der Waals surface area contributed by atoms with E-state index in [0.29, 0.717) is 38.6 Å². The number of rotatable bonds is 4. The molecular formula is C14H23NO4. The number of hydrogen-bond acceptors (Lipinski definition) is 3. The van der Waals surface area contributed by atoms with Gasteiger partial charge in [-0.2, -0.15) is 0 Å². The monoisotopic (exact) mass is 269 g/mol. The van der Waals surface area contributed by atoms with Crippen molar-refractivity contribution in [2.24, 2.45) is 11.8 Å². The van der Waals surface area contributed by atoms with Crippen LogP contribution in [0.1, 0.15) is 38.5 Å². The van der Waals surface area contributed by atoms with E-state index in [2.05, 4.69) is 0 Å². The van der Waals surface area contributed by atoms with Gasteiger partial charge in [0.15, 0.2) is 0 Å². The van der Waals surface area contributed by atoms with Crippen LogP contribution in [0.3, 0.4) is 0 Å². The summed E-state index contributed by atoms with van der Waals surface area (Å²) in [5.74, 6) is -1.65. The van der Waals surface area contributed by atoms with E-state index in [1.54, 1.807) is 4.90 Å². The second kappa shape index (κ2) is 6.89. The molecule has 1 saturated heterocycles. The van der Waals surface area contributed by atoms with Crippen LogP contribution in [0, 0.1) is 11.8 Å². The first kappa shape index (κ1) is 14.3. The average molecular weight is 269 g/mol. The molecule has 0 aromatic rings. The minimum absolute atomic E-state index is 0.221. The predicted octanol–water partition coefficient (Wildman–Crippen LogP) is 1.52. The lowest BCUT2D eigenvalue weighted by molar-refractivity contribution is -0.154. The van der Waals surface area contributed by atoms with E-state index >= 15 is 0 Å². The molecule has 0 aromatic heterocycles. The fraction of sp³-hybridized carbons (Fsp3) is 0.857. The average Bonchev–Trinajstić information content (AvgIpc) is 2.46. The molecule has 2 rings (SSSR count). The molecule has 1 aliphatic carbocycles. The lowest BCUT2D eigenvalue weighted by Gasteiger charge is -2.31. The summed E-state index contributed by atoms with van der Waals surface area (Å²) in [4.78, 5) is 25.3. The SMILES string of the molecule is O=C(O)C(CC1CCCCC1)C(=O)N1CCOCC1. The van der Waals surface area contributed by atoms with E-state index in [1.807, 2.05) is 0 Å². The van der Waals surface area contributed by atoms with Crippen molar-refractivity contribution >= 4 is 11.9 Å². The minimum Gasteiger partial charge on any atom is -0.481 e. The number of carboxylic acid groups (broad SMARTS) is 1. The fourth-order valence-corrected chi connectivity index (χ4v) is 3.07. The molecule has 0 bridgehead atoms. The van der Waals surface area contributed by atoms with Gasteiger partial charge in [-0.25, -0.2) is 0 Å². The van der Waals surface area contributed by atoms with Gasteiger partial charge in [0, 0.05) is 13.1 Å². The molecule has 2 fully saturated rings. The van der Waals surface area contributed by atoms with Crippen LogP contribution in [0.2, 0.25) is 0 Å². The number of hydrogen-bond donors (Lipinski definition) is 1. The maximum absolute atomic E-state index is 12.3. The molecule has 2 aliphatic rings. The highest BCUT2D eigenvalue weighted by Crippen LogP contribution is 2.30. The van der Waals surface area contributed by atoms with Crippen molar-refractivity contribution in [1.29, 1.82) is 0 Å². The van der Waals surface area contributed by atoms with E-state index in [-0.39, 0.29) is 5.91 Å². The molecule has 5 heteroatoms. The number of carboxylic acids is 1. The van der Waals surface area contributed by atoms with Gasteiger partial charge < -0.3 is 14.7 Å². The Labute approximate surface area is 113 Å². The highest BCUT2D eigenvalue weighted by Gasteiger charge is 2.33. The topological polar surface area (TPSA) is 66.8 Å². The summed E-state index contributed by atoms with van der Waals surface area (Å²) in [7, 11) is 0. The highest BCUT2D eigenvalue weighted by molar-refractivity contribution is 5.97. The predicted molar refractivity (Wildman–Crippen MR) is 69.7 cm³/mol. The van der Waals surface area contributed by atoms with Crippen molar-refractivity contribution in [1.82, 2.24) is 4.90 Å². The van der Waals surface area contributed by atoms with Crippen LogP contribution >= 0.6 is 0 Å². The fourth-order valence-electron chi connectivity index (χ4n) is 3.07. The third-order valence-electron chi connectivity index (χ3n) is 4.21. The van der Waals surface area contributed by atoms with Gasteiger partial charge >= 0.3 is 5.97 Å². The summed E-state index contributed by atoms with van der Waals surface area (Å²) in [5.41, 5.74) is 0. The van der Waals surface area contributed by atoms with Crippen LogP contribution in [0.5, 0.6) is 0 Å². The Morgan fingerprint density at radius 1 is 1.16 bits per heavy atom. The zero-order valence-electron chi connectivity index (χ0n) is 11.3. The van der Waals surface area contributed by atoms with Gasteiger partial charge in [0.05, 0.1) is 13.2 Å². The quantitative estimate of drug-likeness (QED) is 0.786. The third kappa shape index (κ3) is 3.93. The minimum atomic E-state index is -0.970. The largest absolute Gasteiger partial charge is 0.481 e. The summed E-state index contributed by atoms with van der Waals surface area (Å²) < 4.78 is 5.20. The van der Waals surface area contributed by atoms with Crippen molar-refractivity contribution in [2.45, 2.75) is 38.5 Å². The summed E-state index contributed by atoms with van der Waals surface area (Å²) in [6.45, 7) is 2.07. The Kier molecular flexibility index (Phi) is 5.19. The van der Waals surface area contributed by atoms with Crippen molar-refractivity contribution in [3.8, 4) is 0 Å². The lowest BCUT2D eigenvalue weighted by atomic mass is 9.82. The Morgan fingerprint density at radius 2 is 1.79 bits per heavy atom. The zero-order chi connectivity index (χ0) is 13.7. The Hall–Kier alpha value is -1.10. The number of carbonyl (C=O) groups excluding carboxylic acids is 1. The van der Waals surface area contributed by atoms with E-state index in [9.17, 15) is 14.7 Å². The van der Waals surface area contributed by atoms with E-state index < -0.39 is 11.9 Å². The van der Waals surface area contributed by atoms with Crippen LogP contribution in [0.4, 0.5) is 0 Å². The standard InChI is InChI=1S/C14H23NO4/c16-13(15-6-8-19-9-7-15)12(14(17)18)10-11-4-2-1-3-5-11/h11-12H,1-10H2,(H,17,18). The molecule has 0 aromatic carbocycles. The maximum Gasteiger partial charge on any atom is 0.316 e. The van der Waals surface area contributed by atoms with Crippen LogP contribution in [-0.4, -0.2) is 48.2 Å². The number of ether oxygens (including phenoxy) is 1. The van der Waals surface area contributed by atoms with Crippen LogP contribution in [0.15, 0.2) is 0 Å². The first-order valence-electron chi connectivity index (χ1n) is 7.28. The molecule has 0 radical (unpaired) electrons. The van der Waals surface area contributed by atoms with Crippen molar-refractivity contribution in [2.75, 3.05) is 26.3 Å². The molecule has 0 spiro atoms. The normalized spacial score (nSPS) is 23.1. The first-order valence-corrected chi connectivity index (χ1v) is 7.28. The molecule has 5 nitrogen and oxygen atoms in total. The van der Waals surface area contributed by atoms with Crippen molar-refractivity contribution < 1.29 is 19.4 Å². The van der Waals surface area contributed by atoms with E-state index in [0.717, 1.165) is 12.8 Å². The molecule has 1 heterocycles. The lowest BCUT2D eigenvalue weighted by Crippen LogP contribution is -2.46. The zero-order valence-corrected chi connectivity index (χ0v) is 11.3. The van der Waals surface area contributed by atoms with E-state index in [1.165, 1.54) is 19.3 Å². The number of aliphatic carboxylic acids is 1. The molecule has 1 atom stereocenters. The van der Waals surface area contributed by atoms with Gasteiger partial charge in [-0.05, 0) is 12.3 Å². The maximum atomic E-state index is 12.3. The molecule has 108 valence electrons. The van der Waals surface area contributed by atoms with Gasteiger partial charge in [0.1, 0.15) is 5.92 Å². The van der Waals surface area contributed by atoms with Crippen LogP contribution in [0.25, 0.3) is 0 Å². The highest BCUT2D eigenvalue weighted by atomic mass is 16.5. The summed E-state index contributed by atoms with van der Waals surface area (Å²) in [6, 6.07) is 0. The summed E-state index contributed by atoms with van der Waals surface area (Å²) in [5, 5.41) is 9.33. The second-order valence-corrected chi connectivity index (χ2v) is 5.57. The molecule has 19 heavy (non-hydrogen) atoms. The molecule has 1 unspecified atom stereocenters. The van der Waals surface area contributed by atoms with Gasteiger partial charge in [-0.3, -0.25) is 9.59 Å². The summed E-state index contributed by atoms with van der Waals surface area (Å²) >= 11 is 0. The van der Waals surface area contributed by atoms with Crippen molar-refractivity contribution in [3.05, 3.63) is 0 Å².